The molecule has 0 saturated heterocycles. The van der Waals surface area contributed by atoms with Gasteiger partial charge in [0.25, 0.3) is 0 Å². The van der Waals surface area contributed by atoms with E-state index in [0.717, 1.165) is 12.1 Å². The number of carbonyl (C=O) groups excluding carboxylic acids is 1. The first kappa shape index (κ1) is 14.2. The minimum Gasteiger partial charge on any atom is -0.317 e. The number of imidazole rings is 1. The van der Waals surface area contributed by atoms with Gasteiger partial charge in [0.2, 0.25) is 11.9 Å². The van der Waals surface area contributed by atoms with Gasteiger partial charge in [0, 0.05) is 36.9 Å². The van der Waals surface area contributed by atoms with E-state index in [2.05, 4.69) is 34.1 Å². The summed E-state index contributed by atoms with van der Waals surface area (Å²) in [6.07, 6.45) is 8.30. The molecule has 2 aromatic rings. The molecule has 6 nitrogen and oxygen atoms in total. The second kappa shape index (κ2) is 6.27. The molecule has 0 aliphatic heterocycles. The lowest BCUT2D eigenvalue weighted by atomic mass is 10.0. The van der Waals surface area contributed by atoms with Crippen LogP contribution in [-0.4, -0.2) is 25.4 Å². The number of carbonyl (C=O) groups is 1. The van der Waals surface area contributed by atoms with Crippen LogP contribution in [0.25, 0.3) is 0 Å². The van der Waals surface area contributed by atoms with E-state index in [9.17, 15) is 4.79 Å². The highest BCUT2D eigenvalue weighted by Gasteiger charge is 2.17. The van der Waals surface area contributed by atoms with Crippen molar-refractivity contribution >= 4 is 11.9 Å². The van der Waals surface area contributed by atoms with Crippen molar-refractivity contribution < 1.29 is 4.79 Å². The van der Waals surface area contributed by atoms with Crippen LogP contribution in [-0.2, 0) is 11.3 Å². The first-order valence-corrected chi connectivity index (χ1v) is 6.65. The summed E-state index contributed by atoms with van der Waals surface area (Å²) in [6.45, 7) is 6.88. The van der Waals surface area contributed by atoms with Gasteiger partial charge >= 0.3 is 0 Å². The molecule has 2 aromatic heterocycles. The summed E-state index contributed by atoms with van der Waals surface area (Å²) in [5.41, 5.74) is 0.784. The van der Waals surface area contributed by atoms with E-state index in [1.807, 2.05) is 17.7 Å². The van der Waals surface area contributed by atoms with Gasteiger partial charge < -0.3 is 4.57 Å². The van der Waals surface area contributed by atoms with Crippen LogP contribution in [0.3, 0.4) is 0 Å². The van der Waals surface area contributed by atoms with Crippen molar-refractivity contribution in [3.63, 3.8) is 0 Å². The van der Waals surface area contributed by atoms with Crippen LogP contribution >= 0.6 is 0 Å². The number of amides is 1. The van der Waals surface area contributed by atoms with E-state index in [4.69, 9.17) is 0 Å². The van der Waals surface area contributed by atoms with Crippen LogP contribution in [0, 0.1) is 5.92 Å². The molecule has 1 atom stereocenters. The molecule has 0 radical (unpaired) electrons. The minimum atomic E-state index is -0.319. The van der Waals surface area contributed by atoms with Crippen LogP contribution < -0.4 is 5.32 Å². The number of hydrogen-bond acceptors (Lipinski definition) is 4. The lowest BCUT2D eigenvalue weighted by Gasteiger charge is -2.14. The molecule has 20 heavy (non-hydrogen) atoms. The molecule has 0 aliphatic rings. The largest absolute Gasteiger partial charge is 0.317 e. The van der Waals surface area contributed by atoms with E-state index < -0.39 is 0 Å². The lowest BCUT2D eigenvalue weighted by Crippen LogP contribution is -2.22. The predicted molar refractivity (Wildman–Crippen MR) is 76.1 cm³/mol. The normalized spacial score (nSPS) is 12.4. The zero-order chi connectivity index (χ0) is 14.5. The summed E-state index contributed by atoms with van der Waals surface area (Å²) in [6, 6.07) is 0. The third-order valence-electron chi connectivity index (χ3n) is 2.99. The molecule has 0 aromatic carbocycles. The Morgan fingerprint density at radius 3 is 2.65 bits per heavy atom. The average molecular weight is 273 g/mol. The molecule has 6 heteroatoms. The zero-order valence-electron chi connectivity index (χ0n) is 11.9. The Bertz CT molecular complexity index is 564. The molecular formula is C14H19N5O. The van der Waals surface area contributed by atoms with Crippen molar-refractivity contribution in [1.82, 2.24) is 19.5 Å². The van der Waals surface area contributed by atoms with Crippen molar-refractivity contribution in [1.29, 1.82) is 0 Å². The van der Waals surface area contributed by atoms with Gasteiger partial charge in [-0.05, 0) is 12.8 Å². The molecular weight excluding hydrogens is 254 g/mol. The maximum Gasteiger partial charge on any atom is 0.234 e. The van der Waals surface area contributed by atoms with E-state index in [0.29, 0.717) is 11.9 Å². The number of rotatable bonds is 5. The highest BCUT2D eigenvalue weighted by Crippen LogP contribution is 2.16. The first-order valence-electron chi connectivity index (χ1n) is 6.65. The smallest absolute Gasteiger partial charge is 0.234 e. The molecule has 0 bridgehead atoms. The fraction of sp³-hybridized carbons (Fsp3) is 0.429. The zero-order valence-corrected chi connectivity index (χ0v) is 11.9. The maximum atomic E-state index is 12.2. The van der Waals surface area contributed by atoms with E-state index in [1.165, 1.54) is 6.33 Å². The summed E-state index contributed by atoms with van der Waals surface area (Å²) in [4.78, 5) is 24.3. The van der Waals surface area contributed by atoms with Crippen molar-refractivity contribution in [2.75, 3.05) is 5.32 Å². The molecule has 0 aliphatic carbocycles. The molecule has 2 heterocycles. The highest BCUT2D eigenvalue weighted by molar-refractivity contribution is 5.94. The number of hydrogen-bond donors (Lipinski definition) is 1. The molecule has 2 rings (SSSR count). The van der Waals surface area contributed by atoms with Crippen LogP contribution in [0.5, 0.6) is 0 Å². The SMILES string of the molecule is CC(C)Cn1ccnc1NC(=O)[C@@H](C)c1cncnc1. The van der Waals surface area contributed by atoms with Gasteiger partial charge in [-0.25, -0.2) is 15.0 Å². The van der Waals surface area contributed by atoms with Crippen LogP contribution in [0.4, 0.5) is 5.95 Å². The molecule has 106 valence electrons. The van der Waals surface area contributed by atoms with Gasteiger partial charge in [-0.3, -0.25) is 10.1 Å². The Morgan fingerprint density at radius 1 is 1.30 bits per heavy atom. The second-order valence-electron chi connectivity index (χ2n) is 5.18. The number of nitrogens with zero attached hydrogens (tertiary/aromatic N) is 4. The number of anilines is 1. The van der Waals surface area contributed by atoms with Crippen LogP contribution in [0.15, 0.2) is 31.1 Å². The maximum absolute atomic E-state index is 12.2. The third-order valence-corrected chi connectivity index (χ3v) is 2.99. The number of aromatic nitrogens is 4. The Morgan fingerprint density at radius 2 is 2.00 bits per heavy atom. The van der Waals surface area contributed by atoms with E-state index in [-0.39, 0.29) is 11.8 Å². The van der Waals surface area contributed by atoms with E-state index in [1.54, 1.807) is 18.6 Å². The summed E-state index contributed by atoms with van der Waals surface area (Å²) in [5.74, 6) is 0.628. The first-order chi connectivity index (χ1) is 9.58. The summed E-state index contributed by atoms with van der Waals surface area (Å²) in [5, 5.41) is 2.85. The summed E-state index contributed by atoms with van der Waals surface area (Å²) >= 11 is 0. The monoisotopic (exact) mass is 273 g/mol. The van der Waals surface area contributed by atoms with Gasteiger partial charge in [-0.15, -0.1) is 0 Å². The second-order valence-corrected chi connectivity index (χ2v) is 5.18. The fourth-order valence-corrected chi connectivity index (χ4v) is 1.88. The van der Waals surface area contributed by atoms with Gasteiger partial charge in [0.15, 0.2) is 0 Å². The lowest BCUT2D eigenvalue weighted by molar-refractivity contribution is -0.117. The Kier molecular flexibility index (Phi) is 4.45. The minimum absolute atomic E-state index is 0.115. The average Bonchev–Trinajstić information content (AvgIpc) is 2.85. The van der Waals surface area contributed by atoms with Crippen LogP contribution in [0.2, 0.25) is 0 Å². The van der Waals surface area contributed by atoms with Gasteiger partial charge in [-0.2, -0.15) is 0 Å². The summed E-state index contributed by atoms with van der Waals surface area (Å²) in [7, 11) is 0. The van der Waals surface area contributed by atoms with Crippen LogP contribution in [0.1, 0.15) is 32.3 Å². The van der Waals surface area contributed by atoms with Gasteiger partial charge in [0.1, 0.15) is 6.33 Å². The molecule has 1 amide bonds. The third kappa shape index (κ3) is 3.40. The van der Waals surface area contributed by atoms with Gasteiger partial charge in [0.05, 0.1) is 5.92 Å². The van der Waals surface area contributed by atoms with Crippen molar-refractivity contribution in [2.45, 2.75) is 33.2 Å². The molecule has 0 unspecified atom stereocenters. The quantitative estimate of drug-likeness (QED) is 0.905. The highest BCUT2D eigenvalue weighted by atomic mass is 16.2. The Balaban J connectivity index is 2.07. The standard InChI is InChI=1S/C14H19N5O/c1-10(2)8-19-5-4-17-14(19)18-13(20)11(3)12-6-15-9-16-7-12/h4-7,9-11H,8H2,1-3H3,(H,17,18,20)/t11-/m0/s1. The Hall–Kier alpha value is -2.24. The fourth-order valence-electron chi connectivity index (χ4n) is 1.88. The van der Waals surface area contributed by atoms with Crippen molar-refractivity contribution in [3.05, 3.63) is 36.7 Å². The molecule has 1 N–H and O–H groups in total. The topological polar surface area (TPSA) is 72.7 Å². The summed E-state index contributed by atoms with van der Waals surface area (Å²) < 4.78 is 1.94. The van der Waals surface area contributed by atoms with Crippen molar-refractivity contribution in [3.8, 4) is 0 Å². The molecule has 0 saturated carbocycles. The van der Waals surface area contributed by atoms with E-state index >= 15 is 0 Å². The van der Waals surface area contributed by atoms with Gasteiger partial charge in [-0.1, -0.05) is 13.8 Å². The van der Waals surface area contributed by atoms with Crippen molar-refractivity contribution in [2.24, 2.45) is 5.92 Å². The Labute approximate surface area is 118 Å². The molecule has 0 spiro atoms. The predicted octanol–water partition coefficient (Wildman–Crippen LogP) is 2.07. The number of nitrogens with one attached hydrogen (secondary N) is 1. The molecule has 0 fully saturated rings.